The molecule has 0 fully saturated rings. The fourth-order valence-corrected chi connectivity index (χ4v) is 2.76. The highest BCUT2D eigenvalue weighted by Gasteiger charge is 2.20. The molecule has 3 N–H and O–H groups in total. The van der Waals surface area contributed by atoms with Gasteiger partial charge in [0.25, 0.3) is 0 Å². The fraction of sp³-hybridized carbons (Fsp3) is 0.294. The highest BCUT2D eigenvalue weighted by Crippen LogP contribution is 2.33. The third kappa shape index (κ3) is 2.73. The van der Waals surface area contributed by atoms with Crippen LogP contribution in [0.4, 0.5) is 0 Å². The largest absolute Gasteiger partial charge is 0.494 e. The first-order chi connectivity index (χ1) is 10.3. The van der Waals surface area contributed by atoms with E-state index < -0.39 is 0 Å². The highest BCUT2D eigenvalue weighted by molar-refractivity contribution is 5.46. The smallest absolute Gasteiger partial charge is 0.124 e. The maximum atomic E-state index is 5.81. The Morgan fingerprint density at radius 2 is 2.14 bits per heavy atom. The van der Waals surface area contributed by atoms with E-state index >= 15 is 0 Å². The van der Waals surface area contributed by atoms with Crippen LogP contribution in [0.25, 0.3) is 0 Å². The summed E-state index contributed by atoms with van der Waals surface area (Å²) in [5.41, 5.74) is 6.30. The van der Waals surface area contributed by atoms with Crippen molar-refractivity contribution in [2.24, 2.45) is 5.84 Å². The number of rotatable bonds is 5. The van der Waals surface area contributed by atoms with Crippen molar-refractivity contribution in [3.63, 3.8) is 0 Å². The van der Waals surface area contributed by atoms with Gasteiger partial charge >= 0.3 is 0 Å². The van der Waals surface area contributed by atoms with Crippen LogP contribution in [0.5, 0.6) is 11.5 Å². The molecule has 0 saturated heterocycles. The summed E-state index contributed by atoms with van der Waals surface area (Å²) in [6.07, 6.45) is 0.952. The molecule has 4 nitrogen and oxygen atoms in total. The molecule has 4 heteroatoms. The van der Waals surface area contributed by atoms with Gasteiger partial charge in [0.05, 0.1) is 19.3 Å². The average molecular weight is 284 g/mol. The van der Waals surface area contributed by atoms with E-state index in [4.69, 9.17) is 15.3 Å². The summed E-state index contributed by atoms with van der Waals surface area (Å²) >= 11 is 0. The molecule has 0 spiro atoms. The van der Waals surface area contributed by atoms with Gasteiger partial charge in [0.15, 0.2) is 0 Å². The Hall–Kier alpha value is -2.04. The standard InChI is InChI=1S/C17H20N2O2/c1-2-20-16-6-4-3-5-14(16)17(19-18)13-7-8-15-12(11-13)9-10-21-15/h3-8,11,17,19H,2,9-10,18H2,1H3. The number of nitrogens with two attached hydrogens (primary N) is 1. The van der Waals surface area contributed by atoms with Crippen LogP contribution in [0.15, 0.2) is 42.5 Å². The van der Waals surface area contributed by atoms with Crippen LogP contribution < -0.4 is 20.7 Å². The molecule has 0 saturated carbocycles. The zero-order chi connectivity index (χ0) is 14.7. The first kappa shape index (κ1) is 13.9. The molecule has 0 radical (unpaired) electrons. The fourth-order valence-electron chi connectivity index (χ4n) is 2.76. The van der Waals surface area contributed by atoms with E-state index in [1.807, 2.05) is 37.3 Å². The first-order valence-electron chi connectivity index (χ1n) is 7.27. The molecule has 2 aromatic rings. The number of ether oxygens (including phenoxy) is 2. The van der Waals surface area contributed by atoms with Gasteiger partial charge < -0.3 is 9.47 Å². The van der Waals surface area contributed by atoms with Gasteiger partial charge in [-0.05, 0) is 30.2 Å². The summed E-state index contributed by atoms with van der Waals surface area (Å²) in [7, 11) is 0. The molecular formula is C17H20N2O2. The predicted octanol–water partition coefficient (Wildman–Crippen LogP) is 2.57. The lowest BCUT2D eigenvalue weighted by molar-refractivity contribution is 0.333. The molecule has 0 aromatic heterocycles. The maximum absolute atomic E-state index is 5.81. The van der Waals surface area contributed by atoms with E-state index in [1.54, 1.807) is 0 Å². The topological polar surface area (TPSA) is 56.5 Å². The van der Waals surface area contributed by atoms with Crippen molar-refractivity contribution in [3.8, 4) is 11.5 Å². The summed E-state index contributed by atoms with van der Waals surface area (Å²) in [4.78, 5) is 0. The lowest BCUT2D eigenvalue weighted by Crippen LogP contribution is -2.29. The van der Waals surface area contributed by atoms with Crippen LogP contribution in [0.3, 0.4) is 0 Å². The van der Waals surface area contributed by atoms with Crippen LogP contribution in [0, 0.1) is 0 Å². The Balaban J connectivity index is 1.98. The van der Waals surface area contributed by atoms with Crippen LogP contribution in [0.2, 0.25) is 0 Å². The van der Waals surface area contributed by atoms with E-state index in [1.165, 1.54) is 5.56 Å². The average Bonchev–Trinajstić information content (AvgIpc) is 2.98. The zero-order valence-corrected chi connectivity index (χ0v) is 12.1. The number of hydrogen-bond acceptors (Lipinski definition) is 4. The number of benzene rings is 2. The minimum atomic E-state index is -0.0985. The highest BCUT2D eigenvalue weighted by atomic mass is 16.5. The minimum Gasteiger partial charge on any atom is -0.494 e. The molecule has 1 aliphatic heterocycles. The summed E-state index contributed by atoms with van der Waals surface area (Å²) in [5.74, 6) is 7.65. The van der Waals surface area contributed by atoms with E-state index in [2.05, 4.69) is 17.6 Å². The van der Waals surface area contributed by atoms with Crippen molar-refractivity contribution in [1.29, 1.82) is 0 Å². The number of fused-ring (bicyclic) bond motifs is 1. The lowest BCUT2D eigenvalue weighted by atomic mass is 9.96. The van der Waals surface area contributed by atoms with Crippen LogP contribution >= 0.6 is 0 Å². The SMILES string of the molecule is CCOc1ccccc1C(NN)c1ccc2c(c1)CCO2. The third-order valence-electron chi connectivity index (χ3n) is 3.74. The normalized spacial score (nSPS) is 14.4. The van der Waals surface area contributed by atoms with Crippen molar-refractivity contribution in [2.45, 2.75) is 19.4 Å². The van der Waals surface area contributed by atoms with Crippen LogP contribution in [-0.2, 0) is 6.42 Å². The van der Waals surface area contributed by atoms with Gasteiger partial charge in [-0.25, -0.2) is 5.43 Å². The molecular weight excluding hydrogens is 264 g/mol. The third-order valence-corrected chi connectivity index (χ3v) is 3.74. The monoisotopic (exact) mass is 284 g/mol. The molecule has 110 valence electrons. The van der Waals surface area contributed by atoms with Crippen molar-refractivity contribution in [1.82, 2.24) is 5.43 Å². The number of hydrogen-bond donors (Lipinski definition) is 2. The van der Waals surface area contributed by atoms with Gasteiger partial charge in [0.2, 0.25) is 0 Å². The van der Waals surface area contributed by atoms with Gasteiger partial charge in [0.1, 0.15) is 11.5 Å². The Morgan fingerprint density at radius 1 is 1.29 bits per heavy atom. The molecule has 2 aromatic carbocycles. The maximum Gasteiger partial charge on any atom is 0.124 e. The van der Waals surface area contributed by atoms with E-state index in [9.17, 15) is 0 Å². The Bertz CT molecular complexity index is 628. The summed E-state index contributed by atoms with van der Waals surface area (Å²) in [6.45, 7) is 3.37. The van der Waals surface area contributed by atoms with Gasteiger partial charge in [-0.15, -0.1) is 0 Å². The van der Waals surface area contributed by atoms with Gasteiger partial charge in [-0.1, -0.05) is 30.3 Å². The van der Waals surface area contributed by atoms with Crippen molar-refractivity contribution in [2.75, 3.05) is 13.2 Å². The summed E-state index contributed by atoms with van der Waals surface area (Å²) < 4.78 is 11.3. The first-order valence-corrected chi connectivity index (χ1v) is 7.27. The van der Waals surface area contributed by atoms with Gasteiger partial charge in [-0.3, -0.25) is 5.84 Å². The van der Waals surface area contributed by atoms with Crippen LogP contribution in [-0.4, -0.2) is 13.2 Å². The van der Waals surface area contributed by atoms with Gasteiger partial charge in [0, 0.05) is 12.0 Å². The predicted molar refractivity (Wildman–Crippen MR) is 82.4 cm³/mol. The minimum absolute atomic E-state index is 0.0985. The molecule has 1 aliphatic rings. The molecule has 1 heterocycles. The quantitative estimate of drug-likeness (QED) is 0.654. The second-order valence-electron chi connectivity index (χ2n) is 5.04. The second-order valence-corrected chi connectivity index (χ2v) is 5.04. The van der Waals surface area contributed by atoms with Crippen molar-refractivity contribution >= 4 is 0 Å². The summed E-state index contributed by atoms with van der Waals surface area (Å²) in [6, 6.07) is 14.1. The molecule has 3 rings (SSSR count). The van der Waals surface area contributed by atoms with E-state index in [0.29, 0.717) is 6.61 Å². The van der Waals surface area contributed by atoms with E-state index in [0.717, 1.165) is 35.7 Å². The number of para-hydroxylation sites is 1. The van der Waals surface area contributed by atoms with E-state index in [-0.39, 0.29) is 6.04 Å². The Labute approximate surface area is 124 Å². The molecule has 0 amide bonds. The van der Waals surface area contributed by atoms with Gasteiger partial charge in [-0.2, -0.15) is 0 Å². The number of nitrogens with one attached hydrogen (secondary N) is 1. The Kier molecular flexibility index (Phi) is 4.08. The van der Waals surface area contributed by atoms with Crippen molar-refractivity contribution < 1.29 is 9.47 Å². The second kappa shape index (κ2) is 6.16. The molecule has 1 unspecified atom stereocenters. The number of hydrazine groups is 1. The lowest BCUT2D eigenvalue weighted by Gasteiger charge is -2.20. The van der Waals surface area contributed by atoms with Crippen LogP contribution in [0.1, 0.15) is 29.7 Å². The summed E-state index contributed by atoms with van der Waals surface area (Å²) in [5, 5.41) is 0. The zero-order valence-electron chi connectivity index (χ0n) is 12.1. The Morgan fingerprint density at radius 3 is 2.95 bits per heavy atom. The molecule has 0 bridgehead atoms. The molecule has 21 heavy (non-hydrogen) atoms. The molecule has 0 aliphatic carbocycles. The molecule has 1 atom stereocenters. The van der Waals surface area contributed by atoms with Crippen molar-refractivity contribution in [3.05, 3.63) is 59.2 Å².